The second kappa shape index (κ2) is 7.82. The number of aromatic nitrogens is 1. The molecule has 3 rings (SSSR count). The second-order valence-corrected chi connectivity index (χ2v) is 6.94. The van der Waals surface area contributed by atoms with Gasteiger partial charge in [-0.1, -0.05) is 17.3 Å². The lowest BCUT2D eigenvalue weighted by molar-refractivity contribution is -0.131. The molecule has 1 aliphatic carbocycles. The molecule has 0 bridgehead atoms. The van der Waals surface area contributed by atoms with Crippen molar-refractivity contribution in [3.8, 4) is 0 Å². The Balaban J connectivity index is 1.54. The molecule has 0 aromatic carbocycles. The third-order valence-electron chi connectivity index (χ3n) is 4.79. The van der Waals surface area contributed by atoms with Crippen LogP contribution in [0, 0.1) is 12.8 Å². The number of nitrogens with zero attached hydrogens (tertiary/aromatic N) is 2. The van der Waals surface area contributed by atoms with Crippen LogP contribution in [0.15, 0.2) is 22.7 Å². The summed E-state index contributed by atoms with van der Waals surface area (Å²) in [6.07, 6.45) is 6.38. The van der Waals surface area contributed by atoms with E-state index >= 15 is 0 Å². The topological polar surface area (TPSA) is 95.7 Å². The third-order valence-corrected chi connectivity index (χ3v) is 4.79. The number of amides is 2. The fourth-order valence-corrected chi connectivity index (χ4v) is 3.46. The van der Waals surface area contributed by atoms with Crippen LogP contribution in [0.2, 0.25) is 0 Å². The summed E-state index contributed by atoms with van der Waals surface area (Å²) in [4.78, 5) is 26.3. The Morgan fingerprint density at radius 1 is 1.44 bits per heavy atom. The van der Waals surface area contributed by atoms with Gasteiger partial charge >= 0.3 is 0 Å². The Kier molecular flexibility index (Phi) is 5.53. The first-order chi connectivity index (χ1) is 12.0. The molecule has 1 unspecified atom stereocenters. The quantitative estimate of drug-likeness (QED) is 0.791. The van der Waals surface area contributed by atoms with Gasteiger partial charge in [0.05, 0.1) is 24.1 Å². The second-order valence-electron chi connectivity index (χ2n) is 6.94. The molecule has 2 N–H and O–H groups in total. The molecule has 1 aromatic rings. The van der Waals surface area contributed by atoms with Gasteiger partial charge in [0.2, 0.25) is 11.8 Å². The zero-order chi connectivity index (χ0) is 17.8. The molecule has 136 valence electrons. The Morgan fingerprint density at radius 3 is 2.96 bits per heavy atom. The summed E-state index contributed by atoms with van der Waals surface area (Å²) in [6, 6.07) is 1.63. The van der Waals surface area contributed by atoms with Gasteiger partial charge in [0.1, 0.15) is 5.76 Å². The van der Waals surface area contributed by atoms with Crippen LogP contribution in [0.1, 0.15) is 37.1 Å². The van der Waals surface area contributed by atoms with Crippen LogP contribution in [0.3, 0.4) is 0 Å². The van der Waals surface area contributed by atoms with E-state index < -0.39 is 6.10 Å². The number of nitrogens with one attached hydrogen (secondary N) is 1. The molecule has 25 heavy (non-hydrogen) atoms. The lowest BCUT2D eigenvalue weighted by Gasteiger charge is -2.21. The van der Waals surface area contributed by atoms with E-state index in [-0.39, 0.29) is 36.7 Å². The lowest BCUT2D eigenvalue weighted by Crippen LogP contribution is -2.39. The number of rotatable bonds is 4. The number of hydrogen-bond donors (Lipinski definition) is 2. The van der Waals surface area contributed by atoms with Crippen LogP contribution in [-0.2, 0) is 16.0 Å². The van der Waals surface area contributed by atoms with Crippen molar-refractivity contribution >= 4 is 11.8 Å². The van der Waals surface area contributed by atoms with E-state index in [1.165, 1.54) is 0 Å². The molecule has 2 amide bonds. The minimum atomic E-state index is -0.644. The van der Waals surface area contributed by atoms with Gasteiger partial charge in [0.25, 0.3) is 0 Å². The highest BCUT2D eigenvalue weighted by molar-refractivity contribution is 5.81. The maximum Gasteiger partial charge on any atom is 0.228 e. The molecular weight excluding hydrogens is 322 g/mol. The number of likely N-dealkylation sites (tertiary alicyclic amines) is 1. The van der Waals surface area contributed by atoms with Crippen molar-refractivity contribution in [3.05, 3.63) is 29.7 Å². The van der Waals surface area contributed by atoms with Gasteiger partial charge in [-0.2, -0.15) is 0 Å². The average Bonchev–Trinajstić information content (AvgIpc) is 3.19. The molecule has 0 saturated carbocycles. The summed E-state index contributed by atoms with van der Waals surface area (Å²) in [5.41, 5.74) is 0.596. The maximum absolute atomic E-state index is 12.4. The molecule has 7 heteroatoms. The Bertz CT molecular complexity index is 655. The maximum atomic E-state index is 12.4. The minimum absolute atomic E-state index is 0.0174. The van der Waals surface area contributed by atoms with E-state index in [4.69, 9.17) is 4.52 Å². The van der Waals surface area contributed by atoms with Gasteiger partial charge in [-0.25, -0.2) is 0 Å². The number of carbonyl (C=O) groups is 2. The Morgan fingerprint density at radius 2 is 2.28 bits per heavy atom. The first-order valence-corrected chi connectivity index (χ1v) is 8.86. The summed E-state index contributed by atoms with van der Waals surface area (Å²) in [6.45, 7) is 2.58. The molecule has 0 spiro atoms. The van der Waals surface area contributed by atoms with Crippen LogP contribution in [0.25, 0.3) is 0 Å². The van der Waals surface area contributed by atoms with Gasteiger partial charge < -0.3 is 19.8 Å². The first kappa shape index (κ1) is 17.7. The van der Waals surface area contributed by atoms with Crippen LogP contribution < -0.4 is 5.32 Å². The molecule has 2 aliphatic rings. The summed E-state index contributed by atoms with van der Waals surface area (Å²) < 4.78 is 4.98. The molecule has 1 saturated heterocycles. The van der Waals surface area contributed by atoms with Gasteiger partial charge in [0, 0.05) is 25.2 Å². The van der Waals surface area contributed by atoms with Crippen LogP contribution in [0.4, 0.5) is 0 Å². The molecule has 1 fully saturated rings. The van der Waals surface area contributed by atoms with E-state index in [2.05, 4.69) is 10.5 Å². The van der Waals surface area contributed by atoms with Crippen molar-refractivity contribution in [2.45, 2.75) is 51.2 Å². The van der Waals surface area contributed by atoms with Crippen molar-refractivity contribution in [3.63, 3.8) is 0 Å². The zero-order valence-electron chi connectivity index (χ0n) is 14.5. The first-order valence-electron chi connectivity index (χ1n) is 8.86. The normalized spacial score (nSPS) is 26.5. The number of β-amino-alcohol motifs (C(OH)–C–C–N with tert-alkyl or cyclic N) is 1. The molecule has 3 atom stereocenters. The number of allylic oxidation sites excluding steroid dienone is 1. The SMILES string of the molecule is Cc1cc(CC(=O)N2CC[C@H](NC(=O)C3C=CCC3)C[C@H](O)C2)no1. The van der Waals surface area contributed by atoms with Crippen LogP contribution in [-0.4, -0.2) is 52.2 Å². The van der Waals surface area contributed by atoms with E-state index in [0.717, 1.165) is 12.8 Å². The van der Waals surface area contributed by atoms with E-state index in [1.54, 1.807) is 17.9 Å². The fraction of sp³-hybridized carbons (Fsp3) is 0.611. The minimum Gasteiger partial charge on any atom is -0.391 e. The monoisotopic (exact) mass is 347 g/mol. The predicted molar refractivity (Wildman–Crippen MR) is 90.6 cm³/mol. The number of aryl methyl sites for hydroxylation is 1. The van der Waals surface area contributed by atoms with Crippen LogP contribution >= 0.6 is 0 Å². The van der Waals surface area contributed by atoms with Crippen molar-refractivity contribution < 1.29 is 19.2 Å². The Labute approximate surface area is 147 Å². The molecule has 2 heterocycles. The molecule has 1 aromatic heterocycles. The largest absolute Gasteiger partial charge is 0.391 e. The lowest BCUT2D eigenvalue weighted by atomic mass is 10.0. The standard InChI is InChI=1S/C18H25N3O4/c1-12-8-15(20-25-12)10-17(23)21-7-6-14(9-16(22)11-21)19-18(24)13-4-2-3-5-13/h2,4,8,13-14,16,22H,3,5-7,9-11H2,1H3,(H,19,24)/t13?,14-,16-/m0/s1. The van der Waals surface area contributed by atoms with E-state index in [9.17, 15) is 14.7 Å². The molecular formula is C18H25N3O4. The number of aliphatic hydroxyl groups is 1. The molecule has 1 aliphatic heterocycles. The highest BCUT2D eigenvalue weighted by Gasteiger charge is 2.28. The number of aliphatic hydroxyl groups excluding tert-OH is 1. The summed E-state index contributed by atoms with van der Waals surface area (Å²) in [5.74, 6) is 0.540. The highest BCUT2D eigenvalue weighted by atomic mass is 16.5. The van der Waals surface area contributed by atoms with Crippen molar-refractivity contribution in [1.29, 1.82) is 0 Å². The number of carbonyl (C=O) groups excluding carboxylic acids is 2. The van der Waals surface area contributed by atoms with Crippen LogP contribution in [0.5, 0.6) is 0 Å². The Hall–Kier alpha value is -2.15. The van der Waals surface area contributed by atoms with Crippen molar-refractivity contribution in [1.82, 2.24) is 15.4 Å². The van der Waals surface area contributed by atoms with Gasteiger partial charge in [-0.3, -0.25) is 9.59 Å². The smallest absolute Gasteiger partial charge is 0.228 e. The van der Waals surface area contributed by atoms with Gasteiger partial charge in [-0.05, 0) is 32.6 Å². The van der Waals surface area contributed by atoms with E-state index in [1.807, 2.05) is 12.2 Å². The third kappa shape index (κ3) is 4.69. The van der Waals surface area contributed by atoms with E-state index in [0.29, 0.717) is 30.8 Å². The molecule has 0 radical (unpaired) electrons. The van der Waals surface area contributed by atoms with Crippen molar-refractivity contribution in [2.24, 2.45) is 5.92 Å². The summed E-state index contributed by atoms with van der Waals surface area (Å²) in [5, 5.41) is 17.1. The fourth-order valence-electron chi connectivity index (χ4n) is 3.46. The van der Waals surface area contributed by atoms with Gasteiger partial charge in [-0.15, -0.1) is 0 Å². The predicted octanol–water partition coefficient (Wildman–Crippen LogP) is 0.960. The van der Waals surface area contributed by atoms with Gasteiger partial charge in [0.15, 0.2) is 0 Å². The zero-order valence-corrected chi connectivity index (χ0v) is 14.5. The summed E-state index contributed by atoms with van der Waals surface area (Å²) >= 11 is 0. The molecule has 7 nitrogen and oxygen atoms in total. The number of hydrogen-bond acceptors (Lipinski definition) is 5. The van der Waals surface area contributed by atoms with Crippen molar-refractivity contribution in [2.75, 3.05) is 13.1 Å². The average molecular weight is 347 g/mol. The summed E-state index contributed by atoms with van der Waals surface area (Å²) in [7, 11) is 0. The highest BCUT2D eigenvalue weighted by Crippen LogP contribution is 2.19.